The number of benzene rings is 2. The first kappa shape index (κ1) is 16.0. The zero-order chi connectivity index (χ0) is 16.6. The van der Waals surface area contributed by atoms with Gasteiger partial charge in [0.25, 0.3) is 0 Å². The molecule has 2 aromatic carbocycles. The molecule has 2 atom stereocenters. The maximum Gasteiger partial charge on any atom is 0.352 e. The number of carboxylic acids is 1. The summed E-state index contributed by atoms with van der Waals surface area (Å²) in [5.74, 6) is -1.26. The van der Waals surface area contributed by atoms with Crippen molar-refractivity contribution in [3.05, 3.63) is 63.6 Å². The summed E-state index contributed by atoms with van der Waals surface area (Å²) in [4.78, 5) is 11.5. The van der Waals surface area contributed by atoms with Gasteiger partial charge in [0, 0.05) is 10.4 Å². The third-order valence-electron chi connectivity index (χ3n) is 3.91. The first-order valence-electron chi connectivity index (χ1n) is 7.10. The molecule has 3 rings (SSSR count). The molecule has 1 heterocycles. The Bertz CT molecular complexity index is 776. The molecule has 0 unspecified atom stereocenters. The number of para-hydroxylation sites is 1. The highest BCUT2D eigenvalue weighted by Gasteiger charge is 2.39. The van der Waals surface area contributed by atoms with Gasteiger partial charge in [-0.3, -0.25) is 5.01 Å². The fourth-order valence-corrected chi connectivity index (χ4v) is 3.29. The lowest BCUT2D eigenvalue weighted by Crippen LogP contribution is -2.26. The highest BCUT2D eigenvalue weighted by atomic mass is 79.9. The molecule has 0 saturated carbocycles. The van der Waals surface area contributed by atoms with E-state index in [0.29, 0.717) is 10.7 Å². The van der Waals surface area contributed by atoms with Crippen LogP contribution in [0.25, 0.3) is 0 Å². The van der Waals surface area contributed by atoms with Crippen LogP contribution in [-0.4, -0.2) is 16.8 Å². The summed E-state index contributed by atoms with van der Waals surface area (Å²) >= 11 is 9.71. The zero-order valence-electron chi connectivity index (χ0n) is 12.3. The molecule has 0 aromatic heterocycles. The number of rotatable bonds is 3. The van der Waals surface area contributed by atoms with Gasteiger partial charge in [-0.15, -0.1) is 0 Å². The number of nitrogens with zero attached hydrogens (tertiary/aromatic N) is 2. The SMILES string of the molecule is C[C@@H]1C(C(=O)O)=NN(c2ccccc2Cl)[C@H]1c1ccc(Br)cc1. The van der Waals surface area contributed by atoms with Crippen LogP contribution < -0.4 is 5.01 Å². The predicted molar refractivity (Wildman–Crippen MR) is 95.0 cm³/mol. The number of hydrogen-bond acceptors (Lipinski definition) is 3. The van der Waals surface area contributed by atoms with E-state index in [1.54, 1.807) is 11.1 Å². The summed E-state index contributed by atoms with van der Waals surface area (Å²) in [5, 5.41) is 16.0. The van der Waals surface area contributed by atoms with Crippen molar-refractivity contribution in [2.45, 2.75) is 13.0 Å². The Morgan fingerprint density at radius 1 is 1.22 bits per heavy atom. The van der Waals surface area contributed by atoms with Gasteiger partial charge in [0.05, 0.1) is 16.8 Å². The number of hydrazone groups is 1. The maximum atomic E-state index is 11.5. The van der Waals surface area contributed by atoms with E-state index in [0.717, 1.165) is 10.0 Å². The van der Waals surface area contributed by atoms with Gasteiger partial charge in [-0.2, -0.15) is 5.10 Å². The molecule has 0 spiro atoms. The molecule has 1 aliphatic heterocycles. The zero-order valence-corrected chi connectivity index (χ0v) is 14.6. The van der Waals surface area contributed by atoms with E-state index >= 15 is 0 Å². The summed E-state index contributed by atoms with van der Waals surface area (Å²) in [6.45, 7) is 1.87. The molecule has 0 fully saturated rings. The second-order valence-corrected chi connectivity index (χ2v) is 6.69. The molecule has 4 nitrogen and oxygen atoms in total. The predicted octanol–water partition coefficient (Wildman–Crippen LogP) is 4.74. The van der Waals surface area contributed by atoms with Crippen molar-refractivity contribution in [2.75, 3.05) is 5.01 Å². The highest BCUT2D eigenvalue weighted by Crippen LogP contribution is 2.41. The van der Waals surface area contributed by atoms with Crippen molar-refractivity contribution < 1.29 is 9.90 Å². The molecule has 23 heavy (non-hydrogen) atoms. The van der Waals surface area contributed by atoms with Gasteiger partial charge in [0.15, 0.2) is 5.71 Å². The first-order chi connectivity index (χ1) is 11.0. The Labute approximate surface area is 147 Å². The average Bonchev–Trinajstić information content (AvgIpc) is 2.86. The molecule has 118 valence electrons. The lowest BCUT2D eigenvalue weighted by atomic mass is 9.91. The van der Waals surface area contributed by atoms with E-state index in [2.05, 4.69) is 21.0 Å². The average molecular weight is 394 g/mol. The summed E-state index contributed by atoms with van der Waals surface area (Å²) in [7, 11) is 0. The quantitative estimate of drug-likeness (QED) is 0.819. The van der Waals surface area contributed by atoms with Gasteiger partial charge >= 0.3 is 5.97 Å². The van der Waals surface area contributed by atoms with Crippen LogP contribution in [0.1, 0.15) is 18.5 Å². The molecule has 0 amide bonds. The Morgan fingerprint density at radius 3 is 2.48 bits per heavy atom. The van der Waals surface area contributed by atoms with Crippen molar-refractivity contribution >= 4 is 44.9 Å². The van der Waals surface area contributed by atoms with Crippen LogP contribution >= 0.6 is 27.5 Å². The molecule has 0 radical (unpaired) electrons. The Morgan fingerprint density at radius 2 is 1.87 bits per heavy atom. The largest absolute Gasteiger partial charge is 0.477 e. The summed E-state index contributed by atoms with van der Waals surface area (Å²) in [6, 6.07) is 14.9. The molecular weight excluding hydrogens is 380 g/mol. The minimum absolute atomic E-state index is 0.137. The summed E-state index contributed by atoms with van der Waals surface area (Å²) in [5.41, 5.74) is 1.82. The molecule has 1 aliphatic rings. The summed E-state index contributed by atoms with van der Waals surface area (Å²) in [6.07, 6.45) is 0. The number of carbonyl (C=O) groups is 1. The number of carboxylic acid groups (broad SMARTS) is 1. The number of anilines is 1. The lowest BCUT2D eigenvalue weighted by molar-refractivity contribution is -0.129. The van der Waals surface area contributed by atoms with Crippen LogP contribution in [0.3, 0.4) is 0 Å². The smallest absolute Gasteiger partial charge is 0.352 e. The number of hydrogen-bond donors (Lipinski definition) is 1. The van der Waals surface area contributed by atoms with E-state index in [1.807, 2.05) is 49.4 Å². The van der Waals surface area contributed by atoms with Gasteiger partial charge in [0.1, 0.15) is 0 Å². The third-order valence-corrected chi connectivity index (χ3v) is 4.76. The topological polar surface area (TPSA) is 52.9 Å². The van der Waals surface area contributed by atoms with E-state index in [9.17, 15) is 9.90 Å². The molecular formula is C17H14BrClN2O2. The van der Waals surface area contributed by atoms with E-state index in [-0.39, 0.29) is 17.7 Å². The Kier molecular flexibility index (Phi) is 4.41. The van der Waals surface area contributed by atoms with Gasteiger partial charge in [-0.25, -0.2) is 4.79 Å². The fraction of sp³-hybridized carbons (Fsp3) is 0.176. The van der Waals surface area contributed by atoms with Crippen molar-refractivity contribution in [3.63, 3.8) is 0 Å². The van der Waals surface area contributed by atoms with E-state index < -0.39 is 5.97 Å². The molecule has 6 heteroatoms. The van der Waals surface area contributed by atoms with Gasteiger partial charge in [0.2, 0.25) is 0 Å². The monoisotopic (exact) mass is 392 g/mol. The molecule has 0 saturated heterocycles. The normalized spacial score (nSPS) is 20.5. The van der Waals surface area contributed by atoms with E-state index in [4.69, 9.17) is 11.6 Å². The standard InChI is InChI=1S/C17H14BrClN2O2/c1-10-15(17(22)23)20-21(14-5-3-2-4-13(14)19)16(10)11-6-8-12(18)9-7-11/h2-10,16H,1H3,(H,22,23)/t10-,16-/m1/s1. The summed E-state index contributed by atoms with van der Waals surface area (Å²) < 4.78 is 0.968. The minimum atomic E-state index is -1.01. The number of aliphatic carboxylic acids is 1. The number of halogens is 2. The molecule has 0 bridgehead atoms. The Hall–Kier alpha value is -1.85. The van der Waals surface area contributed by atoms with Crippen LogP contribution in [0.15, 0.2) is 58.1 Å². The van der Waals surface area contributed by atoms with Crippen LogP contribution in [0, 0.1) is 5.92 Å². The van der Waals surface area contributed by atoms with Crippen molar-refractivity contribution in [2.24, 2.45) is 11.0 Å². The van der Waals surface area contributed by atoms with Crippen LogP contribution in [0.4, 0.5) is 5.69 Å². The van der Waals surface area contributed by atoms with Crippen LogP contribution in [-0.2, 0) is 4.79 Å². The first-order valence-corrected chi connectivity index (χ1v) is 8.27. The highest BCUT2D eigenvalue weighted by molar-refractivity contribution is 9.10. The van der Waals surface area contributed by atoms with E-state index in [1.165, 1.54) is 0 Å². The van der Waals surface area contributed by atoms with Crippen LogP contribution in [0.5, 0.6) is 0 Å². The maximum absolute atomic E-state index is 11.5. The minimum Gasteiger partial charge on any atom is -0.477 e. The van der Waals surface area contributed by atoms with Gasteiger partial charge in [-0.05, 0) is 29.8 Å². The second-order valence-electron chi connectivity index (χ2n) is 5.37. The second kappa shape index (κ2) is 6.34. The lowest BCUT2D eigenvalue weighted by Gasteiger charge is -2.27. The molecule has 0 aliphatic carbocycles. The van der Waals surface area contributed by atoms with Crippen molar-refractivity contribution in [3.8, 4) is 0 Å². The van der Waals surface area contributed by atoms with Crippen molar-refractivity contribution in [1.82, 2.24) is 0 Å². The Balaban J connectivity index is 2.10. The molecule has 2 aromatic rings. The fourth-order valence-electron chi connectivity index (χ4n) is 2.80. The third kappa shape index (κ3) is 2.99. The van der Waals surface area contributed by atoms with Gasteiger partial charge < -0.3 is 5.11 Å². The molecule has 1 N–H and O–H groups in total. The van der Waals surface area contributed by atoms with Crippen LogP contribution in [0.2, 0.25) is 5.02 Å². The van der Waals surface area contributed by atoms with Gasteiger partial charge in [-0.1, -0.05) is 58.7 Å². The van der Waals surface area contributed by atoms with Crippen molar-refractivity contribution in [1.29, 1.82) is 0 Å².